The maximum atomic E-state index is 10.8. The van der Waals surface area contributed by atoms with E-state index in [0.29, 0.717) is 12.3 Å². The Kier molecular flexibility index (Phi) is 3.87. The standard InChI is InChI=1S/C11H16O2/c1-9(13)6-7-10-4-2-3-5-11(10)8-12/h5,8,10H,2-4,6-7H2,1H3. The van der Waals surface area contributed by atoms with Gasteiger partial charge in [-0.05, 0) is 44.1 Å². The van der Waals surface area contributed by atoms with Crippen molar-refractivity contribution < 1.29 is 9.59 Å². The monoisotopic (exact) mass is 180 g/mol. The number of carbonyl (C=O) groups is 2. The molecule has 0 saturated carbocycles. The molecule has 0 radical (unpaired) electrons. The van der Waals surface area contributed by atoms with Gasteiger partial charge in [0.1, 0.15) is 12.1 Å². The van der Waals surface area contributed by atoms with Crippen molar-refractivity contribution in [3.8, 4) is 0 Å². The Labute approximate surface area is 79.0 Å². The van der Waals surface area contributed by atoms with Crippen LogP contribution < -0.4 is 0 Å². The van der Waals surface area contributed by atoms with Gasteiger partial charge in [0.25, 0.3) is 0 Å². The van der Waals surface area contributed by atoms with E-state index in [-0.39, 0.29) is 5.78 Å². The molecule has 0 amide bonds. The molecule has 0 fully saturated rings. The van der Waals surface area contributed by atoms with Gasteiger partial charge in [0.15, 0.2) is 0 Å². The van der Waals surface area contributed by atoms with E-state index in [1.807, 2.05) is 6.08 Å². The Morgan fingerprint density at radius 1 is 1.69 bits per heavy atom. The Hall–Kier alpha value is -0.920. The molecular formula is C11H16O2. The molecule has 0 spiro atoms. The van der Waals surface area contributed by atoms with Crippen LogP contribution in [0.15, 0.2) is 11.6 Å². The van der Waals surface area contributed by atoms with E-state index in [2.05, 4.69) is 0 Å². The van der Waals surface area contributed by atoms with Gasteiger partial charge in [-0.15, -0.1) is 0 Å². The number of Topliss-reactive ketones (excluding diaryl/α,β-unsaturated/α-hetero) is 1. The smallest absolute Gasteiger partial charge is 0.145 e. The molecule has 13 heavy (non-hydrogen) atoms. The van der Waals surface area contributed by atoms with Crippen molar-refractivity contribution >= 4 is 12.1 Å². The highest BCUT2D eigenvalue weighted by molar-refractivity contribution is 5.76. The first-order valence-corrected chi connectivity index (χ1v) is 4.88. The molecule has 0 aromatic carbocycles. The number of aldehydes is 1. The van der Waals surface area contributed by atoms with Crippen molar-refractivity contribution in [3.63, 3.8) is 0 Å². The van der Waals surface area contributed by atoms with E-state index in [1.54, 1.807) is 6.92 Å². The third kappa shape index (κ3) is 3.13. The number of allylic oxidation sites excluding steroid dienone is 2. The minimum atomic E-state index is 0.218. The Morgan fingerprint density at radius 3 is 3.08 bits per heavy atom. The predicted molar refractivity (Wildman–Crippen MR) is 51.4 cm³/mol. The summed E-state index contributed by atoms with van der Waals surface area (Å²) in [5.41, 5.74) is 0.910. The Bertz CT molecular complexity index is 228. The van der Waals surface area contributed by atoms with E-state index in [1.165, 1.54) is 0 Å². The second-order valence-corrected chi connectivity index (χ2v) is 3.69. The lowest BCUT2D eigenvalue weighted by Gasteiger charge is -2.19. The van der Waals surface area contributed by atoms with Crippen molar-refractivity contribution in [3.05, 3.63) is 11.6 Å². The maximum Gasteiger partial charge on any atom is 0.145 e. The molecule has 2 nitrogen and oxygen atoms in total. The normalized spacial score (nSPS) is 22.2. The number of hydrogen-bond acceptors (Lipinski definition) is 2. The van der Waals surface area contributed by atoms with Crippen LogP contribution in [0.2, 0.25) is 0 Å². The minimum absolute atomic E-state index is 0.218. The van der Waals surface area contributed by atoms with Crippen LogP contribution in [-0.2, 0) is 9.59 Å². The lowest BCUT2D eigenvalue weighted by atomic mass is 9.85. The van der Waals surface area contributed by atoms with Gasteiger partial charge in [-0.25, -0.2) is 0 Å². The van der Waals surface area contributed by atoms with E-state index in [9.17, 15) is 9.59 Å². The molecule has 1 atom stereocenters. The van der Waals surface area contributed by atoms with Crippen LogP contribution in [-0.4, -0.2) is 12.1 Å². The molecule has 0 N–H and O–H groups in total. The first-order valence-electron chi connectivity index (χ1n) is 4.88. The lowest BCUT2D eigenvalue weighted by Crippen LogP contribution is -2.11. The SMILES string of the molecule is CC(=O)CCC1CCCC=C1C=O. The first-order chi connectivity index (χ1) is 6.24. The van der Waals surface area contributed by atoms with E-state index in [0.717, 1.165) is 37.5 Å². The number of rotatable bonds is 4. The zero-order chi connectivity index (χ0) is 9.68. The molecule has 72 valence electrons. The lowest BCUT2D eigenvalue weighted by molar-refractivity contribution is -0.117. The molecule has 2 heteroatoms. The number of hydrogen-bond donors (Lipinski definition) is 0. The Balaban J connectivity index is 2.47. The summed E-state index contributed by atoms with van der Waals surface area (Å²) in [5, 5.41) is 0. The van der Waals surface area contributed by atoms with Gasteiger partial charge < -0.3 is 4.79 Å². The molecule has 0 aliphatic heterocycles. The molecule has 1 aliphatic rings. The fraction of sp³-hybridized carbons (Fsp3) is 0.636. The number of carbonyl (C=O) groups excluding carboxylic acids is 2. The van der Waals surface area contributed by atoms with Crippen molar-refractivity contribution in [2.24, 2.45) is 5.92 Å². The van der Waals surface area contributed by atoms with Crippen molar-refractivity contribution in [1.82, 2.24) is 0 Å². The zero-order valence-electron chi connectivity index (χ0n) is 8.08. The van der Waals surface area contributed by atoms with Crippen LogP contribution in [0.3, 0.4) is 0 Å². The summed E-state index contributed by atoms with van der Waals surface area (Å²) in [7, 11) is 0. The van der Waals surface area contributed by atoms with Crippen LogP contribution in [0.25, 0.3) is 0 Å². The van der Waals surface area contributed by atoms with E-state index >= 15 is 0 Å². The third-order valence-corrected chi connectivity index (χ3v) is 2.59. The van der Waals surface area contributed by atoms with Gasteiger partial charge in [-0.1, -0.05) is 6.08 Å². The molecule has 0 aromatic rings. The molecule has 0 aromatic heterocycles. The second-order valence-electron chi connectivity index (χ2n) is 3.69. The first kappa shape index (κ1) is 10.2. The van der Waals surface area contributed by atoms with Gasteiger partial charge in [0, 0.05) is 6.42 Å². The largest absolute Gasteiger partial charge is 0.300 e. The van der Waals surface area contributed by atoms with Crippen LogP contribution in [0, 0.1) is 5.92 Å². The summed E-state index contributed by atoms with van der Waals surface area (Å²) in [6.07, 6.45) is 7.66. The number of ketones is 1. The molecule has 1 aliphatic carbocycles. The van der Waals surface area contributed by atoms with Gasteiger partial charge in [-0.3, -0.25) is 4.79 Å². The fourth-order valence-corrected chi connectivity index (χ4v) is 1.80. The van der Waals surface area contributed by atoms with Gasteiger partial charge in [0.2, 0.25) is 0 Å². The van der Waals surface area contributed by atoms with Crippen molar-refractivity contribution in [2.45, 2.75) is 39.0 Å². The molecule has 0 bridgehead atoms. The summed E-state index contributed by atoms with van der Waals surface area (Å²) in [4.78, 5) is 21.4. The molecular weight excluding hydrogens is 164 g/mol. The summed E-state index contributed by atoms with van der Waals surface area (Å²) < 4.78 is 0. The van der Waals surface area contributed by atoms with Crippen molar-refractivity contribution in [2.75, 3.05) is 0 Å². The minimum Gasteiger partial charge on any atom is -0.300 e. The maximum absolute atomic E-state index is 10.8. The molecule has 1 unspecified atom stereocenters. The van der Waals surface area contributed by atoms with Crippen LogP contribution in [0.1, 0.15) is 39.0 Å². The fourth-order valence-electron chi connectivity index (χ4n) is 1.80. The molecule has 1 rings (SSSR count). The highest BCUT2D eigenvalue weighted by atomic mass is 16.1. The molecule has 0 saturated heterocycles. The predicted octanol–water partition coefficient (Wildman–Crippen LogP) is 2.28. The average molecular weight is 180 g/mol. The summed E-state index contributed by atoms with van der Waals surface area (Å²) in [5.74, 6) is 0.561. The molecule has 0 heterocycles. The van der Waals surface area contributed by atoms with Crippen LogP contribution >= 0.6 is 0 Å². The van der Waals surface area contributed by atoms with Gasteiger partial charge >= 0.3 is 0 Å². The van der Waals surface area contributed by atoms with Gasteiger partial charge in [0.05, 0.1) is 0 Å². The highest BCUT2D eigenvalue weighted by Gasteiger charge is 2.17. The van der Waals surface area contributed by atoms with Crippen LogP contribution in [0.4, 0.5) is 0 Å². The van der Waals surface area contributed by atoms with Gasteiger partial charge in [-0.2, -0.15) is 0 Å². The van der Waals surface area contributed by atoms with Crippen molar-refractivity contribution in [1.29, 1.82) is 0 Å². The topological polar surface area (TPSA) is 34.1 Å². The summed E-state index contributed by atoms with van der Waals surface area (Å²) >= 11 is 0. The quantitative estimate of drug-likeness (QED) is 0.622. The summed E-state index contributed by atoms with van der Waals surface area (Å²) in [6, 6.07) is 0. The Morgan fingerprint density at radius 2 is 2.46 bits per heavy atom. The highest BCUT2D eigenvalue weighted by Crippen LogP contribution is 2.27. The average Bonchev–Trinajstić information content (AvgIpc) is 2.15. The summed E-state index contributed by atoms with van der Waals surface area (Å²) in [6.45, 7) is 1.60. The van der Waals surface area contributed by atoms with E-state index in [4.69, 9.17) is 0 Å². The zero-order valence-corrected chi connectivity index (χ0v) is 8.08. The second kappa shape index (κ2) is 4.95. The van der Waals surface area contributed by atoms with Crippen LogP contribution in [0.5, 0.6) is 0 Å². The van der Waals surface area contributed by atoms with E-state index < -0.39 is 0 Å². The third-order valence-electron chi connectivity index (χ3n) is 2.59.